The van der Waals surface area contributed by atoms with Gasteiger partial charge >= 0.3 is 11.7 Å². The van der Waals surface area contributed by atoms with Crippen molar-refractivity contribution in [2.75, 3.05) is 0 Å². The van der Waals surface area contributed by atoms with Crippen LogP contribution in [0.1, 0.15) is 12.0 Å². The van der Waals surface area contributed by atoms with Gasteiger partial charge in [0.1, 0.15) is 6.42 Å². The summed E-state index contributed by atoms with van der Waals surface area (Å²) < 4.78 is 33.0. The van der Waals surface area contributed by atoms with Crippen LogP contribution in [0.5, 0.6) is 0 Å². The van der Waals surface area contributed by atoms with Crippen LogP contribution >= 0.6 is 0 Å². The van der Waals surface area contributed by atoms with Crippen molar-refractivity contribution in [2.24, 2.45) is 7.05 Å². The molecule has 7 heteroatoms. The van der Waals surface area contributed by atoms with Gasteiger partial charge in [-0.2, -0.15) is 0 Å². The number of hydrogen-bond donors (Lipinski definition) is 1. The van der Waals surface area contributed by atoms with Gasteiger partial charge in [0.05, 0.1) is 5.52 Å². The van der Waals surface area contributed by atoms with Gasteiger partial charge in [-0.1, -0.05) is 0 Å². The van der Waals surface area contributed by atoms with Gasteiger partial charge in [0, 0.05) is 12.6 Å². The fourth-order valence-electron chi connectivity index (χ4n) is 1.65. The van der Waals surface area contributed by atoms with E-state index in [-0.39, 0.29) is 11.1 Å². The lowest BCUT2D eigenvalue weighted by atomic mass is 10.1. The van der Waals surface area contributed by atoms with Crippen LogP contribution in [0, 0.1) is 0 Å². The Kier molecular flexibility index (Phi) is 2.68. The molecule has 18 heavy (non-hydrogen) atoms. The molecule has 1 heterocycles. The van der Waals surface area contributed by atoms with E-state index in [9.17, 15) is 18.4 Å². The van der Waals surface area contributed by atoms with E-state index in [2.05, 4.69) is 0 Å². The molecule has 0 fully saturated rings. The first-order valence-corrected chi connectivity index (χ1v) is 5.01. The van der Waals surface area contributed by atoms with Gasteiger partial charge in [-0.05, 0) is 18.2 Å². The number of carboxylic acids is 1. The van der Waals surface area contributed by atoms with Crippen LogP contribution in [0.2, 0.25) is 0 Å². The van der Waals surface area contributed by atoms with Gasteiger partial charge in [0.25, 0.3) is 5.92 Å². The minimum Gasteiger partial charge on any atom is -0.481 e. The highest BCUT2D eigenvalue weighted by Gasteiger charge is 2.35. The fraction of sp³-hybridized carbons (Fsp3) is 0.273. The Labute approximate surface area is 99.2 Å². The Morgan fingerprint density at radius 3 is 2.78 bits per heavy atom. The summed E-state index contributed by atoms with van der Waals surface area (Å²) in [5.41, 5.74) is -0.0891. The van der Waals surface area contributed by atoms with Crippen molar-refractivity contribution < 1.29 is 23.1 Å². The Balaban J connectivity index is 2.56. The van der Waals surface area contributed by atoms with Gasteiger partial charge in [-0.15, -0.1) is 0 Å². The number of aryl methyl sites for hydroxylation is 1. The number of fused-ring (bicyclic) bond motifs is 1. The number of aromatic nitrogens is 1. The lowest BCUT2D eigenvalue weighted by Gasteiger charge is -2.14. The normalized spacial score (nSPS) is 11.9. The first-order valence-electron chi connectivity index (χ1n) is 5.01. The highest BCUT2D eigenvalue weighted by atomic mass is 19.3. The summed E-state index contributed by atoms with van der Waals surface area (Å²) in [5.74, 6) is -5.75. The van der Waals surface area contributed by atoms with Crippen LogP contribution in [0.4, 0.5) is 8.78 Å². The first-order chi connectivity index (χ1) is 8.31. The predicted molar refractivity (Wildman–Crippen MR) is 57.6 cm³/mol. The van der Waals surface area contributed by atoms with Crippen molar-refractivity contribution in [3.05, 3.63) is 34.3 Å². The topological polar surface area (TPSA) is 72.4 Å². The molecule has 0 amide bonds. The lowest BCUT2D eigenvalue weighted by molar-refractivity contribution is -0.145. The summed E-state index contributed by atoms with van der Waals surface area (Å²) in [5, 5.41) is 8.43. The minimum atomic E-state index is -3.49. The third-order valence-corrected chi connectivity index (χ3v) is 2.59. The zero-order chi connectivity index (χ0) is 13.5. The number of halogens is 2. The molecular formula is C11H9F2NO4. The molecule has 0 saturated heterocycles. The van der Waals surface area contributed by atoms with E-state index in [0.717, 1.165) is 16.7 Å². The second kappa shape index (κ2) is 3.94. The molecule has 0 aliphatic carbocycles. The molecule has 2 rings (SSSR count). The maximum absolute atomic E-state index is 13.6. The third kappa shape index (κ3) is 1.99. The average Bonchev–Trinajstić information content (AvgIpc) is 2.53. The van der Waals surface area contributed by atoms with E-state index in [1.165, 1.54) is 13.1 Å². The van der Waals surface area contributed by atoms with Crippen LogP contribution in [-0.2, 0) is 17.8 Å². The smallest absolute Gasteiger partial charge is 0.419 e. The molecule has 96 valence electrons. The summed E-state index contributed by atoms with van der Waals surface area (Å²) in [7, 11) is 1.38. The first kappa shape index (κ1) is 12.3. The Morgan fingerprint density at radius 1 is 1.50 bits per heavy atom. The van der Waals surface area contributed by atoms with Crippen molar-refractivity contribution >= 4 is 17.1 Å². The number of benzene rings is 1. The Bertz CT molecular complexity index is 671. The largest absolute Gasteiger partial charge is 0.481 e. The molecule has 0 bridgehead atoms. The third-order valence-electron chi connectivity index (χ3n) is 2.59. The minimum absolute atomic E-state index is 0.178. The molecular weight excluding hydrogens is 248 g/mol. The summed E-state index contributed by atoms with van der Waals surface area (Å²) in [6.45, 7) is 0. The molecule has 1 aromatic heterocycles. The quantitative estimate of drug-likeness (QED) is 0.908. The van der Waals surface area contributed by atoms with Crippen molar-refractivity contribution in [3.8, 4) is 0 Å². The second-order valence-electron chi connectivity index (χ2n) is 3.88. The van der Waals surface area contributed by atoms with Crippen LogP contribution in [0.25, 0.3) is 11.1 Å². The number of nitrogens with zero attached hydrogens (tertiary/aromatic N) is 1. The molecule has 1 N–H and O–H groups in total. The van der Waals surface area contributed by atoms with Gasteiger partial charge in [0.15, 0.2) is 5.58 Å². The van der Waals surface area contributed by atoms with E-state index >= 15 is 0 Å². The second-order valence-corrected chi connectivity index (χ2v) is 3.88. The highest BCUT2D eigenvalue weighted by Crippen LogP contribution is 2.33. The molecule has 1 aromatic carbocycles. The van der Waals surface area contributed by atoms with Crippen LogP contribution < -0.4 is 5.76 Å². The monoisotopic (exact) mass is 257 g/mol. The van der Waals surface area contributed by atoms with Crippen molar-refractivity contribution in [1.82, 2.24) is 4.57 Å². The zero-order valence-electron chi connectivity index (χ0n) is 9.31. The van der Waals surface area contributed by atoms with Crippen molar-refractivity contribution in [3.63, 3.8) is 0 Å². The highest BCUT2D eigenvalue weighted by molar-refractivity contribution is 5.74. The summed E-state index contributed by atoms with van der Waals surface area (Å²) in [6, 6.07) is 3.33. The molecule has 5 nitrogen and oxygen atoms in total. The number of alkyl halides is 2. The van der Waals surface area contributed by atoms with E-state index in [4.69, 9.17) is 9.52 Å². The standard InChI is InChI=1S/C11H9F2NO4/c1-14-7-4-6(11(12,13)5-9(15)16)2-3-8(7)18-10(14)17/h2-4H,5H2,1H3,(H,15,16). The van der Waals surface area contributed by atoms with E-state index in [0.29, 0.717) is 0 Å². The van der Waals surface area contributed by atoms with Gasteiger partial charge in [-0.3, -0.25) is 9.36 Å². The number of oxazole rings is 1. The number of rotatable bonds is 3. The summed E-state index contributed by atoms with van der Waals surface area (Å²) >= 11 is 0. The number of aliphatic carboxylic acids is 1. The molecule has 0 unspecified atom stereocenters. The zero-order valence-corrected chi connectivity index (χ0v) is 9.31. The number of carbonyl (C=O) groups is 1. The number of carboxylic acid groups (broad SMARTS) is 1. The summed E-state index contributed by atoms with van der Waals surface area (Å²) in [6.07, 6.45) is -1.30. The molecule has 0 atom stereocenters. The van der Waals surface area contributed by atoms with E-state index in [1.54, 1.807) is 0 Å². The molecule has 0 aliphatic rings. The average molecular weight is 257 g/mol. The maximum atomic E-state index is 13.6. The van der Waals surface area contributed by atoms with Gasteiger partial charge < -0.3 is 9.52 Å². The maximum Gasteiger partial charge on any atom is 0.419 e. The van der Waals surface area contributed by atoms with Gasteiger partial charge in [0.2, 0.25) is 0 Å². The fourth-order valence-corrected chi connectivity index (χ4v) is 1.65. The van der Waals surface area contributed by atoms with Crippen LogP contribution in [0.15, 0.2) is 27.4 Å². The van der Waals surface area contributed by atoms with Gasteiger partial charge in [-0.25, -0.2) is 13.6 Å². The number of hydrogen-bond acceptors (Lipinski definition) is 3. The predicted octanol–water partition coefficient (Wildman–Crippen LogP) is 1.70. The Morgan fingerprint density at radius 2 is 2.17 bits per heavy atom. The molecule has 0 saturated carbocycles. The molecule has 0 spiro atoms. The van der Waals surface area contributed by atoms with E-state index < -0.39 is 29.6 Å². The van der Waals surface area contributed by atoms with Crippen LogP contribution in [-0.4, -0.2) is 15.6 Å². The van der Waals surface area contributed by atoms with Crippen molar-refractivity contribution in [1.29, 1.82) is 0 Å². The SMILES string of the molecule is Cn1c(=O)oc2ccc(C(F)(F)CC(=O)O)cc21. The molecule has 0 radical (unpaired) electrons. The van der Waals surface area contributed by atoms with Crippen molar-refractivity contribution in [2.45, 2.75) is 12.3 Å². The van der Waals surface area contributed by atoms with E-state index in [1.807, 2.05) is 0 Å². The Hall–Kier alpha value is -2.18. The molecule has 0 aliphatic heterocycles. The van der Waals surface area contributed by atoms with Crippen LogP contribution in [0.3, 0.4) is 0 Å². The lowest BCUT2D eigenvalue weighted by Crippen LogP contribution is -2.18. The summed E-state index contributed by atoms with van der Waals surface area (Å²) in [4.78, 5) is 21.6. The molecule has 2 aromatic rings.